The normalized spacial score (nSPS) is 53.6. The Hall–Kier alpha value is 0. The summed E-state index contributed by atoms with van der Waals surface area (Å²) in [4.78, 5) is 0. The SMILES string of the molecule is C1CCC2CC3C(CC2C1)CC1CCCCC13. The van der Waals surface area contributed by atoms with Crippen molar-refractivity contribution in [3.8, 4) is 0 Å². The van der Waals surface area contributed by atoms with E-state index in [0.29, 0.717) is 0 Å². The van der Waals surface area contributed by atoms with E-state index in [1.807, 2.05) is 0 Å². The van der Waals surface area contributed by atoms with Gasteiger partial charge in [0, 0.05) is 0 Å². The van der Waals surface area contributed by atoms with Crippen molar-refractivity contribution in [1.29, 1.82) is 0 Å². The molecule has 6 unspecified atom stereocenters. The maximum Gasteiger partial charge on any atom is -0.0352 e. The average molecular weight is 232 g/mol. The average Bonchev–Trinajstić information content (AvgIpc) is 2.73. The lowest BCUT2D eigenvalue weighted by atomic mass is 9.62. The van der Waals surface area contributed by atoms with Gasteiger partial charge < -0.3 is 0 Å². The van der Waals surface area contributed by atoms with E-state index in [-0.39, 0.29) is 0 Å². The van der Waals surface area contributed by atoms with E-state index in [9.17, 15) is 0 Å². The molecule has 4 aliphatic rings. The zero-order chi connectivity index (χ0) is 11.2. The summed E-state index contributed by atoms with van der Waals surface area (Å²) < 4.78 is 0. The first-order valence-electron chi connectivity index (χ1n) is 8.42. The third-order valence-corrected chi connectivity index (χ3v) is 6.98. The highest BCUT2D eigenvalue weighted by atomic mass is 14.5. The topological polar surface area (TPSA) is 0 Å². The molecular formula is C17H28. The Balaban J connectivity index is 1.52. The van der Waals surface area contributed by atoms with Crippen LogP contribution >= 0.6 is 0 Å². The van der Waals surface area contributed by atoms with Crippen LogP contribution in [-0.4, -0.2) is 0 Å². The minimum atomic E-state index is 1.16. The minimum absolute atomic E-state index is 1.16. The summed E-state index contributed by atoms with van der Waals surface area (Å²) >= 11 is 0. The van der Waals surface area contributed by atoms with Gasteiger partial charge in [-0.05, 0) is 61.2 Å². The van der Waals surface area contributed by atoms with Gasteiger partial charge >= 0.3 is 0 Å². The largest absolute Gasteiger partial charge is 0.0530 e. The first kappa shape index (κ1) is 10.9. The molecule has 0 aromatic heterocycles. The summed E-state index contributed by atoms with van der Waals surface area (Å²) in [5, 5.41) is 0. The van der Waals surface area contributed by atoms with Crippen LogP contribution in [0.2, 0.25) is 0 Å². The summed E-state index contributed by atoms with van der Waals surface area (Å²) in [6, 6.07) is 0. The summed E-state index contributed by atoms with van der Waals surface area (Å²) in [5.74, 6) is 7.01. The number of hydrogen-bond acceptors (Lipinski definition) is 0. The Morgan fingerprint density at radius 3 is 1.82 bits per heavy atom. The van der Waals surface area contributed by atoms with Crippen LogP contribution < -0.4 is 0 Å². The van der Waals surface area contributed by atoms with E-state index in [4.69, 9.17) is 0 Å². The number of hydrogen-bond donors (Lipinski definition) is 0. The predicted octanol–water partition coefficient (Wildman–Crippen LogP) is 5.03. The van der Waals surface area contributed by atoms with Gasteiger partial charge in [-0.15, -0.1) is 0 Å². The van der Waals surface area contributed by atoms with Crippen molar-refractivity contribution in [2.75, 3.05) is 0 Å². The minimum Gasteiger partial charge on any atom is -0.0530 e. The second kappa shape index (κ2) is 4.28. The van der Waals surface area contributed by atoms with Gasteiger partial charge in [-0.1, -0.05) is 44.9 Å². The van der Waals surface area contributed by atoms with E-state index >= 15 is 0 Å². The van der Waals surface area contributed by atoms with Crippen molar-refractivity contribution in [2.45, 2.75) is 70.6 Å². The van der Waals surface area contributed by atoms with E-state index < -0.39 is 0 Å². The lowest BCUT2D eigenvalue weighted by Crippen LogP contribution is -2.34. The standard InChI is InChI=1S/C17H28/c1-2-6-13-11-17-15(9-12(13)5-1)10-14-7-3-4-8-16(14)17/h12-17H,1-11H2. The van der Waals surface area contributed by atoms with Crippen molar-refractivity contribution in [3.05, 3.63) is 0 Å². The number of fused-ring (bicyclic) bond motifs is 4. The molecule has 4 saturated carbocycles. The summed E-state index contributed by atoms with van der Waals surface area (Å²) in [6.45, 7) is 0. The molecule has 0 aromatic rings. The second-order valence-corrected chi connectivity index (χ2v) is 7.64. The fourth-order valence-electron chi connectivity index (χ4n) is 6.29. The van der Waals surface area contributed by atoms with Crippen molar-refractivity contribution in [3.63, 3.8) is 0 Å². The molecule has 0 bridgehead atoms. The van der Waals surface area contributed by atoms with Crippen LogP contribution in [0.4, 0.5) is 0 Å². The molecule has 0 aromatic carbocycles. The van der Waals surface area contributed by atoms with Crippen molar-refractivity contribution in [1.82, 2.24) is 0 Å². The molecule has 4 aliphatic carbocycles. The molecule has 0 amide bonds. The van der Waals surface area contributed by atoms with Gasteiger partial charge in [0.15, 0.2) is 0 Å². The van der Waals surface area contributed by atoms with Gasteiger partial charge in [-0.3, -0.25) is 0 Å². The molecule has 0 heteroatoms. The molecule has 0 nitrogen and oxygen atoms in total. The molecule has 4 rings (SSSR count). The highest BCUT2D eigenvalue weighted by molar-refractivity contribution is 4.98. The summed E-state index contributed by atoms with van der Waals surface area (Å²) in [6.07, 6.45) is 17.5. The fourth-order valence-corrected chi connectivity index (χ4v) is 6.29. The molecular weight excluding hydrogens is 204 g/mol. The van der Waals surface area contributed by atoms with Gasteiger partial charge in [0.2, 0.25) is 0 Å². The van der Waals surface area contributed by atoms with Gasteiger partial charge in [0.1, 0.15) is 0 Å². The molecule has 0 spiro atoms. The van der Waals surface area contributed by atoms with E-state index in [1.165, 1.54) is 23.7 Å². The van der Waals surface area contributed by atoms with Crippen LogP contribution in [0.25, 0.3) is 0 Å². The van der Waals surface area contributed by atoms with Crippen LogP contribution in [0.15, 0.2) is 0 Å². The van der Waals surface area contributed by atoms with Crippen LogP contribution in [0.5, 0.6) is 0 Å². The third kappa shape index (κ3) is 1.78. The fraction of sp³-hybridized carbons (Fsp3) is 1.00. The molecule has 0 aliphatic heterocycles. The van der Waals surface area contributed by atoms with Crippen LogP contribution in [0.1, 0.15) is 70.6 Å². The van der Waals surface area contributed by atoms with Crippen LogP contribution in [0.3, 0.4) is 0 Å². The molecule has 0 N–H and O–H groups in total. The number of rotatable bonds is 0. The Morgan fingerprint density at radius 1 is 0.412 bits per heavy atom. The Bertz CT molecular complexity index is 280. The third-order valence-electron chi connectivity index (χ3n) is 6.98. The van der Waals surface area contributed by atoms with Crippen molar-refractivity contribution < 1.29 is 0 Å². The monoisotopic (exact) mass is 232 g/mol. The lowest BCUT2D eigenvalue weighted by Gasteiger charge is -2.43. The van der Waals surface area contributed by atoms with Gasteiger partial charge in [0.05, 0.1) is 0 Å². The molecule has 0 radical (unpaired) electrons. The Kier molecular flexibility index (Phi) is 2.74. The maximum atomic E-state index is 1.65. The van der Waals surface area contributed by atoms with Crippen LogP contribution in [0, 0.1) is 35.5 Å². The highest BCUT2D eigenvalue weighted by Gasteiger charge is 2.48. The first-order valence-corrected chi connectivity index (χ1v) is 8.42. The van der Waals surface area contributed by atoms with Gasteiger partial charge in [-0.25, -0.2) is 0 Å². The van der Waals surface area contributed by atoms with E-state index in [0.717, 1.165) is 11.8 Å². The molecule has 6 atom stereocenters. The van der Waals surface area contributed by atoms with Crippen molar-refractivity contribution >= 4 is 0 Å². The summed E-state index contributed by atoms with van der Waals surface area (Å²) in [7, 11) is 0. The van der Waals surface area contributed by atoms with Crippen LogP contribution in [-0.2, 0) is 0 Å². The molecule has 0 heterocycles. The summed E-state index contributed by atoms with van der Waals surface area (Å²) in [5.41, 5.74) is 0. The molecule has 0 saturated heterocycles. The van der Waals surface area contributed by atoms with Crippen molar-refractivity contribution in [2.24, 2.45) is 35.5 Å². The van der Waals surface area contributed by atoms with E-state index in [1.54, 1.807) is 70.6 Å². The molecule has 4 fully saturated rings. The molecule has 17 heavy (non-hydrogen) atoms. The Labute approximate surface area is 107 Å². The smallest absolute Gasteiger partial charge is 0.0352 e. The zero-order valence-corrected chi connectivity index (χ0v) is 11.2. The molecule has 96 valence electrons. The quantitative estimate of drug-likeness (QED) is 0.549. The van der Waals surface area contributed by atoms with Gasteiger partial charge in [-0.2, -0.15) is 0 Å². The lowest BCUT2D eigenvalue weighted by molar-refractivity contribution is 0.0701. The van der Waals surface area contributed by atoms with Gasteiger partial charge in [0.25, 0.3) is 0 Å². The Morgan fingerprint density at radius 2 is 1.00 bits per heavy atom. The van der Waals surface area contributed by atoms with E-state index in [2.05, 4.69) is 0 Å². The second-order valence-electron chi connectivity index (χ2n) is 7.64. The maximum absolute atomic E-state index is 1.65. The highest BCUT2D eigenvalue weighted by Crippen LogP contribution is 2.58. The predicted molar refractivity (Wildman–Crippen MR) is 71.7 cm³/mol. The first-order chi connectivity index (χ1) is 8.42. The zero-order valence-electron chi connectivity index (χ0n) is 11.2.